The number of fused-ring (bicyclic) bond motifs is 1. The number of halogens is 1. The van der Waals surface area contributed by atoms with Gasteiger partial charge in [0.1, 0.15) is 5.82 Å². The molecule has 0 spiro atoms. The first-order valence-electron chi connectivity index (χ1n) is 6.39. The second kappa shape index (κ2) is 5.17. The van der Waals surface area contributed by atoms with E-state index in [0.29, 0.717) is 12.0 Å². The molecule has 3 heteroatoms. The minimum atomic E-state index is -0.367. The molecular weight excluding hydrogens is 271 g/mol. The standard InChI is InChI=1S/C17H13FOS/c1-11-6-7-13(18)9-15(11)16(19)8-12-10-20-17-5-3-2-4-14(12)17/h2-7,9-10H,8H2,1H3. The predicted molar refractivity (Wildman–Crippen MR) is 81.0 cm³/mol. The molecule has 0 amide bonds. The lowest BCUT2D eigenvalue weighted by molar-refractivity contribution is 0.0992. The first-order chi connectivity index (χ1) is 9.65. The van der Waals surface area contributed by atoms with Crippen molar-refractivity contribution in [2.45, 2.75) is 13.3 Å². The summed E-state index contributed by atoms with van der Waals surface area (Å²) in [5.74, 6) is -0.403. The van der Waals surface area contributed by atoms with E-state index in [-0.39, 0.29) is 11.6 Å². The van der Waals surface area contributed by atoms with Crippen LogP contribution in [-0.2, 0) is 6.42 Å². The summed E-state index contributed by atoms with van der Waals surface area (Å²) in [5.41, 5.74) is 2.30. The van der Waals surface area contributed by atoms with Gasteiger partial charge in [-0.3, -0.25) is 4.79 Å². The largest absolute Gasteiger partial charge is 0.294 e. The lowest BCUT2D eigenvalue weighted by Crippen LogP contribution is -2.05. The zero-order valence-corrected chi connectivity index (χ0v) is 11.8. The van der Waals surface area contributed by atoms with Gasteiger partial charge in [-0.1, -0.05) is 24.3 Å². The molecule has 0 saturated carbocycles. The van der Waals surface area contributed by atoms with Gasteiger partial charge < -0.3 is 0 Å². The Morgan fingerprint density at radius 3 is 2.85 bits per heavy atom. The van der Waals surface area contributed by atoms with Crippen LogP contribution in [0.25, 0.3) is 10.1 Å². The first-order valence-corrected chi connectivity index (χ1v) is 7.27. The molecule has 0 fully saturated rings. The van der Waals surface area contributed by atoms with Crippen molar-refractivity contribution in [3.63, 3.8) is 0 Å². The van der Waals surface area contributed by atoms with Crippen molar-refractivity contribution in [2.24, 2.45) is 0 Å². The number of thiophene rings is 1. The van der Waals surface area contributed by atoms with E-state index in [0.717, 1.165) is 16.5 Å². The average Bonchev–Trinajstić information content (AvgIpc) is 2.85. The summed E-state index contributed by atoms with van der Waals surface area (Å²) in [5, 5.41) is 3.12. The zero-order valence-electron chi connectivity index (χ0n) is 11.0. The maximum atomic E-state index is 13.3. The third-order valence-corrected chi connectivity index (χ3v) is 4.42. The zero-order chi connectivity index (χ0) is 14.1. The molecule has 2 aromatic carbocycles. The van der Waals surface area contributed by atoms with E-state index in [1.54, 1.807) is 17.4 Å². The molecule has 100 valence electrons. The molecule has 1 heterocycles. The molecule has 0 radical (unpaired) electrons. The molecule has 1 nitrogen and oxygen atoms in total. The number of rotatable bonds is 3. The van der Waals surface area contributed by atoms with Crippen LogP contribution in [0.3, 0.4) is 0 Å². The van der Waals surface area contributed by atoms with Gasteiger partial charge in [0.25, 0.3) is 0 Å². The Morgan fingerprint density at radius 1 is 1.20 bits per heavy atom. The maximum absolute atomic E-state index is 13.3. The van der Waals surface area contributed by atoms with Crippen LogP contribution in [0.1, 0.15) is 21.5 Å². The number of aryl methyl sites for hydroxylation is 1. The van der Waals surface area contributed by atoms with Crippen molar-refractivity contribution in [3.05, 3.63) is 70.4 Å². The van der Waals surface area contributed by atoms with Crippen LogP contribution >= 0.6 is 11.3 Å². The average molecular weight is 284 g/mol. The minimum absolute atomic E-state index is 0.0365. The van der Waals surface area contributed by atoms with Gasteiger partial charge in [-0.05, 0) is 47.0 Å². The molecule has 0 saturated heterocycles. The Kier molecular flexibility index (Phi) is 3.36. The number of hydrogen-bond acceptors (Lipinski definition) is 2. The Hall–Kier alpha value is -2.00. The van der Waals surface area contributed by atoms with Crippen LogP contribution in [0.2, 0.25) is 0 Å². The summed E-state index contributed by atoms with van der Waals surface area (Å²) in [7, 11) is 0. The van der Waals surface area contributed by atoms with E-state index >= 15 is 0 Å². The fraction of sp³-hybridized carbons (Fsp3) is 0.118. The fourth-order valence-corrected chi connectivity index (χ4v) is 3.30. The summed E-state index contributed by atoms with van der Waals surface area (Å²) >= 11 is 1.63. The monoisotopic (exact) mass is 284 g/mol. The van der Waals surface area contributed by atoms with Gasteiger partial charge in [0.15, 0.2) is 5.78 Å². The quantitative estimate of drug-likeness (QED) is 0.633. The summed E-state index contributed by atoms with van der Waals surface area (Å²) in [6.07, 6.45) is 0.314. The van der Waals surface area contributed by atoms with Crippen LogP contribution in [0.15, 0.2) is 47.8 Å². The molecule has 20 heavy (non-hydrogen) atoms. The summed E-state index contributed by atoms with van der Waals surface area (Å²) < 4.78 is 14.5. The van der Waals surface area contributed by atoms with Crippen molar-refractivity contribution in [1.29, 1.82) is 0 Å². The molecule has 0 aliphatic heterocycles. The van der Waals surface area contributed by atoms with Crippen LogP contribution in [0.5, 0.6) is 0 Å². The van der Waals surface area contributed by atoms with Crippen LogP contribution < -0.4 is 0 Å². The van der Waals surface area contributed by atoms with Crippen LogP contribution in [-0.4, -0.2) is 5.78 Å². The first kappa shape index (κ1) is 13.0. The molecule has 0 atom stereocenters. The molecule has 0 bridgehead atoms. The molecule has 0 unspecified atom stereocenters. The van der Waals surface area contributed by atoms with E-state index in [1.807, 2.05) is 36.6 Å². The smallest absolute Gasteiger partial charge is 0.167 e. The second-order valence-corrected chi connectivity index (χ2v) is 5.73. The normalized spacial score (nSPS) is 10.9. The molecule has 0 N–H and O–H groups in total. The highest BCUT2D eigenvalue weighted by Crippen LogP contribution is 2.27. The summed E-state index contributed by atoms with van der Waals surface area (Å²) in [6, 6.07) is 12.4. The number of hydrogen-bond donors (Lipinski definition) is 0. The van der Waals surface area contributed by atoms with Gasteiger partial charge in [0.05, 0.1) is 0 Å². The van der Waals surface area contributed by atoms with Crippen molar-refractivity contribution < 1.29 is 9.18 Å². The molecule has 3 rings (SSSR count). The number of carbonyl (C=O) groups excluding carboxylic acids is 1. The number of Topliss-reactive ketones (excluding diaryl/α,β-unsaturated/α-hetero) is 1. The van der Waals surface area contributed by atoms with Crippen LogP contribution in [0, 0.1) is 12.7 Å². The van der Waals surface area contributed by atoms with Gasteiger partial charge in [0.2, 0.25) is 0 Å². The summed E-state index contributed by atoms with van der Waals surface area (Å²) in [4.78, 5) is 12.4. The van der Waals surface area contributed by atoms with E-state index in [9.17, 15) is 9.18 Å². The van der Waals surface area contributed by atoms with Crippen LogP contribution in [0.4, 0.5) is 4.39 Å². The maximum Gasteiger partial charge on any atom is 0.167 e. The molecule has 0 aliphatic carbocycles. The van der Waals surface area contributed by atoms with Gasteiger partial charge >= 0.3 is 0 Å². The van der Waals surface area contributed by atoms with Gasteiger partial charge in [-0.15, -0.1) is 11.3 Å². The SMILES string of the molecule is Cc1ccc(F)cc1C(=O)Cc1csc2ccccc12. The molecular formula is C17H13FOS. The molecule has 3 aromatic rings. The minimum Gasteiger partial charge on any atom is -0.294 e. The highest BCUT2D eigenvalue weighted by molar-refractivity contribution is 7.17. The molecule has 1 aromatic heterocycles. The highest BCUT2D eigenvalue weighted by atomic mass is 32.1. The Bertz CT molecular complexity index is 789. The lowest BCUT2D eigenvalue weighted by Gasteiger charge is -2.05. The third-order valence-electron chi connectivity index (χ3n) is 3.41. The number of benzene rings is 2. The Morgan fingerprint density at radius 2 is 2.00 bits per heavy atom. The topological polar surface area (TPSA) is 17.1 Å². The van der Waals surface area contributed by atoms with E-state index in [2.05, 4.69) is 0 Å². The molecule has 0 aliphatic rings. The summed E-state index contributed by atoms with van der Waals surface area (Å²) in [6.45, 7) is 1.83. The number of carbonyl (C=O) groups is 1. The predicted octanol–water partition coefficient (Wildman–Crippen LogP) is 4.77. The fourth-order valence-electron chi connectivity index (χ4n) is 2.33. The number of ketones is 1. The van der Waals surface area contributed by atoms with Crippen molar-refractivity contribution in [1.82, 2.24) is 0 Å². The Balaban J connectivity index is 1.94. The van der Waals surface area contributed by atoms with E-state index in [1.165, 1.54) is 16.8 Å². The van der Waals surface area contributed by atoms with E-state index < -0.39 is 0 Å². The van der Waals surface area contributed by atoms with Crippen molar-refractivity contribution in [2.75, 3.05) is 0 Å². The Labute approximate surface area is 120 Å². The lowest BCUT2D eigenvalue weighted by atomic mass is 9.99. The van der Waals surface area contributed by atoms with Gasteiger partial charge in [-0.25, -0.2) is 4.39 Å². The van der Waals surface area contributed by atoms with Crippen molar-refractivity contribution in [3.8, 4) is 0 Å². The van der Waals surface area contributed by atoms with E-state index in [4.69, 9.17) is 0 Å². The second-order valence-electron chi connectivity index (χ2n) is 4.82. The van der Waals surface area contributed by atoms with Gasteiger partial charge in [-0.2, -0.15) is 0 Å². The van der Waals surface area contributed by atoms with Crippen molar-refractivity contribution >= 4 is 27.2 Å². The third kappa shape index (κ3) is 2.37. The van der Waals surface area contributed by atoms with Gasteiger partial charge in [0, 0.05) is 16.7 Å². The highest BCUT2D eigenvalue weighted by Gasteiger charge is 2.13.